The molecule has 0 aromatic heterocycles. The first-order valence-corrected chi connectivity index (χ1v) is 5.06. The SMILES string of the molecule is CCOC(=O)CC(=O)N(C)CC(=O)OCC. The van der Waals surface area contributed by atoms with E-state index in [1.165, 1.54) is 7.05 Å². The number of hydrogen-bond donors (Lipinski definition) is 0. The van der Waals surface area contributed by atoms with Gasteiger partial charge in [-0.1, -0.05) is 0 Å². The van der Waals surface area contributed by atoms with E-state index in [2.05, 4.69) is 9.47 Å². The summed E-state index contributed by atoms with van der Waals surface area (Å²) in [7, 11) is 1.43. The Labute approximate surface area is 94.5 Å². The Kier molecular flexibility index (Phi) is 6.91. The van der Waals surface area contributed by atoms with Gasteiger partial charge in [-0.3, -0.25) is 14.4 Å². The monoisotopic (exact) mass is 231 g/mol. The maximum atomic E-state index is 11.4. The Balaban J connectivity index is 3.99. The van der Waals surface area contributed by atoms with Gasteiger partial charge in [-0.05, 0) is 13.8 Å². The molecule has 0 radical (unpaired) electrons. The number of ether oxygens (including phenoxy) is 2. The molecule has 0 saturated heterocycles. The lowest BCUT2D eigenvalue weighted by Gasteiger charge is -2.15. The minimum atomic E-state index is -0.594. The van der Waals surface area contributed by atoms with E-state index in [4.69, 9.17) is 0 Å². The maximum Gasteiger partial charge on any atom is 0.325 e. The van der Waals surface area contributed by atoms with Gasteiger partial charge in [0, 0.05) is 7.05 Å². The zero-order valence-electron chi connectivity index (χ0n) is 9.82. The molecule has 0 aliphatic rings. The van der Waals surface area contributed by atoms with E-state index < -0.39 is 17.8 Å². The van der Waals surface area contributed by atoms with Gasteiger partial charge < -0.3 is 14.4 Å². The number of carbonyl (C=O) groups is 3. The second-order valence-electron chi connectivity index (χ2n) is 3.04. The summed E-state index contributed by atoms with van der Waals surface area (Å²) in [4.78, 5) is 34.5. The predicted octanol–water partition coefficient (Wildman–Crippen LogP) is -0.0389. The standard InChI is InChI=1S/C10H17NO5/c1-4-15-9(13)6-8(12)11(3)7-10(14)16-5-2/h4-7H2,1-3H3. The summed E-state index contributed by atoms with van der Waals surface area (Å²) in [5.41, 5.74) is 0. The van der Waals surface area contributed by atoms with Crippen molar-refractivity contribution >= 4 is 17.8 Å². The summed E-state index contributed by atoms with van der Waals surface area (Å²) in [6.07, 6.45) is -0.357. The van der Waals surface area contributed by atoms with Crippen molar-refractivity contribution in [2.75, 3.05) is 26.8 Å². The van der Waals surface area contributed by atoms with Gasteiger partial charge in [-0.25, -0.2) is 0 Å². The van der Waals surface area contributed by atoms with Gasteiger partial charge in [0.15, 0.2) is 0 Å². The Hall–Kier alpha value is -1.59. The fourth-order valence-corrected chi connectivity index (χ4v) is 0.959. The van der Waals surface area contributed by atoms with E-state index in [1.54, 1.807) is 13.8 Å². The smallest absolute Gasteiger partial charge is 0.325 e. The van der Waals surface area contributed by atoms with E-state index >= 15 is 0 Å². The molecule has 16 heavy (non-hydrogen) atoms. The van der Waals surface area contributed by atoms with Crippen molar-refractivity contribution in [1.82, 2.24) is 4.90 Å². The van der Waals surface area contributed by atoms with Crippen LogP contribution in [-0.4, -0.2) is 49.6 Å². The number of esters is 2. The van der Waals surface area contributed by atoms with Gasteiger partial charge in [0.05, 0.1) is 13.2 Å². The Morgan fingerprint density at radius 2 is 1.50 bits per heavy atom. The van der Waals surface area contributed by atoms with Crippen molar-refractivity contribution in [2.45, 2.75) is 20.3 Å². The van der Waals surface area contributed by atoms with Gasteiger partial charge in [0.25, 0.3) is 0 Å². The van der Waals surface area contributed by atoms with Crippen LogP contribution in [0.2, 0.25) is 0 Å². The molecule has 0 saturated carbocycles. The quantitative estimate of drug-likeness (QED) is 0.474. The van der Waals surface area contributed by atoms with Gasteiger partial charge in [0.1, 0.15) is 13.0 Å². The minimum absolute atomic E-state index is 0.161. The number of rotatable bonds is 6. The molecule has 6 heteroatoms. The molecule has 0 aromatic carbocycles. The Morgan fingerprint density at radius 1 is 1.00 bits per heavy atom. The minimum Gasteiger partial charge on any atom is -0.466 e. The molecular weight excluding hydrogens is 214 g/mol. The first kappa shape index (κ1) is 14.4. The van der Waals surface area contributed by atoms with Crippen molar-refractivity contribution in [3.05, 3.63) is 0 Å². The molecule has 0 unspecified atom stereocenters. The first-order valence-electron chi connectivity index (χ1n) is 5.06. The Morgan fingerprint density at radius 3 is 2.00 bits per heavy atom. The molecule has 0 heterocycles. The van der Waals surface area contributed by atoms with Gasteiger partial charge in [-0.2, -0.15) is 0 Å². The first-order chi connectivity index (χ1) is 7.51. The third-order valence-corrected chi connectivity index (χ3v) is 1.70. The zero-order valence-corrected chi connectivity index (χ0v) is 9.82. The van der Waals surface area contributed by atoms with Crippen molar-refractivity contribution in [2.24, 2.45) is 0 Å². The normalized spacial score (nSPS) is 9.44. The number of likely N-dealkylation sites (N-methyl/N-ethyl adjacent to an activating group) is 1. The molecule has 0 fully saturated rings. The summed E-state index contributed by atoms with van der Waals surface area (Å²) in [6.45, 7) is 3.67. The van der Waals surface area contributed by atoms with E-state index in [1.807, 2.05) is 0 Å². The molecule has 1 amide bonds. The highest BCUT2D eigenvalue weighted by Gasteiger charge is 2.17. The topological polar surface area (TPSA) is 72.9 Å². The van der Waals surface area contributed by atoms with E-state index in [-0.39, 0.29) is 26.2 Å². The lowest BCUT2D eigenvalue weighted by Crippen LogP contribution is -2.34. The molecule has 0 atom stereocenters. The van der Waals surface area contributed by atoms with Crippen LogP contribution in [0.3, 0.4) is 0 Å². The second-order valence-corrected chi connectivity index (χ2v) is 3.04. The largest absolute Gasteiger partial charge is 0.466 e. The van der Waals surface area contributed by atoms with E-state index in [0.717, 1.165) is 4.90 Å². The number of hydrogen-bond acceptors (Lipinski definition) is 5. The van der Waals surface area contributed by atoms with Crippen LogP contribution in [0.25, 0.3) is 0 Å². The second kappa shape index (κ2) is 7.67. The third kappa shape index (κ3) is 6.00. The van der Waals surface area contributed by atoms with Gasteiger partial charge in [0.2, 0.25) is 5.91 Å². The fourth-order valence-electron chi connectivity index (χ4n) is 0.959. The highest BCUT2D eigenvalue weighted by atomic mass is 16.5. The fraction of sp³-hybridized carbons (Fsp3) is 0.700. The molecule has 92 valence electrons. The van der Waals surface area contributed by atoms with Crippen LogP contribution in [0.15, 0.2) is 0 Å². The van der Waals surface area contributed by atoms with Gasteiger partial charge >= 0.3 is 11.9 Å². The van der Waals surface area contributed by atoms with Crippen molar-refractivity contribution in [1.29, 1.82) is 0 Å². The van der Waals surface area contributed by atoms with E-state index in [9.17, 15) is 14.4 Å². The zero-order chi connectivity index (χ0) is 12.6. The van der Waals surface area contributed by atoms with Crippen LogP contribution in [0, 0.1) is 0 Å². The predicted molar refractivity (Wildman–Crippen MR) is 55.5 cm³/mol. The van der Waals surface area contributed by atoms with Crippen molar-refractivity contribution in [3.63, 3.8) is 0 Å². The summed E-state index contributed by atoms with van der Waals surface area (Å²) < 4.78 is 9.28. The van der Waals surface area contributed by atoms with Crippen molar-refractivity contribution < 1.29 is 23.9 Å². The molecule has 0 rings (SSSR count). The lowest BCUT2D eigenvalue weighted by molar-refractivity contribution is -0.152. The summed E-state index contributed by atoms with van der Waals surface area (Å²) in [5, 5.41) is 0. The van der Waals surface area contributed by atoms with Crippen LogP contribution in [-0.2, 0) is 23.9 Å². The summed E-state index contributed by atoms with van der Waals surface area (Å²) >= 11 is 0. The maximum absolute atomic E-state index is 11.4. The highest BCUT2D eigenvalue weighted by molar-refractivity contribution is 5.95. The average Bonchev–Trinajstić information content (AvgIpc) is 2.17. The van der Waals surface area contributed by atoms with Crippen LogP contribution in [0.4, 0.5) is 0 Å². The average molecular weight is 231 g/mol. The summed E-state index contributed by atoms with van der Waals surface area (Å²) in [5.74, 6) is -1.56. The van der Waals surface area contributed by atoms with E-state index in [0.29, 0.717) is 0 Å². The number of nitrogens with zero attached hydrogens (tertiary/aromatic N) is 1. The molecule has 0 spiro atoms. The van der Waals surface area contributed by atoms with Crippen molar-refractivity contribution in [3.8, 4) is 0 Å². The Bertz CT molecular complexity index is 264. The molecular formula is C10H17NO5. The summed E-state index contributed by atoms with van der Waals surface area (Å²) in [6, 6.07) is 0. The molecule has 6 nitrogen and oxygen atoms in total. The molecule has 0 aromatic rings. The van der Waals surface area contributed by atoms with Crippen LogP contribution < -0.4 is 0 Å². The van der Waals surface area contributed by atoms with Gasteiger partial charge in [-0.15, -0.1) is 0 Å². The molecule has 0 aliphatic heterocycles. The third-order valence-electron chi connectivity index (χ3n) is 1.70. The van der Waals surface area contributed by atoms with Crippen LogP contribution >= 0.6 is 0 Å². The van der Waals surface area contributed by atoms with Crippen LogP contribution in [0.1, 0.15) is 20.3 Å². The molecule has 0 aliphatic carbocycles. The highest BCUT2D eigenvalue weighted by Crippen LogP contribution is 1.94. The number of carbonyl (C=O) groups excluding carboxylic acids is 3. The molecule has 0 bridgehead atoms. The van der Waals surface area contributed by atoms with Crippen LogP contribution in [0.5, 0.6) is 0 Å². The number of amides is 1. The lowest BCUT2D eigenvalue weighted by atomic mass is 10.3. The molecule has 0 N–H and O–H groups in total.